The Morgan fingerprint density at radius 3 is 2.22 bits per heavy atom. The topological polar surface area (TPSA) is 26.3 Å². The lowest BCUT2D eigenvalue weighted by molar-refractivity contribution is 0.112. The van der Waals surface area contributed by atoms with E-state index in [1.54, 1.807) is 13.2 Å². The highest BCUT2D eigenvalue weighted by Gasteiger charge is 2.07. The van der Waals surface area contributed by atoms with Crippen molar-refractivity contribution in [3.63, 3.8) is 0 Å². The molecule has 2 aromatic rings. The summed E-state index contributed by atoms with van der Waals surface area (Å²) in [5.41, 5.74) is 5.05. The van der Waals surface area contributed by atoms with E-state index in [1.165, 1.54) is 0 Å². The number of methoxy groups -OCH3 is 1. The molecule has 0 saturated carbocycles. The molecule has 0 saturated heterocycles. The quantitative estimate of drug-likeness (QED) is 0.763. The van der Waals surface area contributed by atoms with Crippen molar-refractivity contribution in [3.8, 4) is 16.9 Å². The monoisotopic (exact) mass is 240 g/mol. The largest absolute Gasteiger partial charge is 0.496 e. The lowest BCUT2D eigenvalue weighted by Gasteiger charge is -2.11. The fourth-order valence-corrected chi connectivity index (χ4v) is 2.23. The lowest BCUT2D eigenvalue weighted by Crippen LogP contribution is -1.92. The van der Waals surface area contributed by atoms with Crippen LogP contribution in [0.25, 0.3) is 11.1 Å². The van der Waals surface area contributed by atoms with Crippen molar-refractivity contribution < 1.29 is 9.53 Å². The molecule has 0 radical (unpaired) electrons. The van der Waals surface area contributed by atoms with Crippen LogP contribution < -0.4 is 4.74 Å². The first-order chi connectivity index (χ1) is 8.65. The molecule has 2 rings (SSSR count). The summed E-state index contributed by atoms with van der Waals surface area (Å²) in [6, 6.07) is 11.8. The highest BCUT2D eigenvalue weighted by molar-refractivity contribution is 5.79. The molecule has 0 aromatic heterocycles. The van der Waals surface area contributed by atoms with Crippen LogP contribution in [0.15, 0.2) is 36.4 Å². The molecular weight excluding hydrogens is 224 g/mol. The van der Waals surface area contributed by atoms with Crippen LogP contribution in [0.4, 0.5) is 0 Å². The number of ether oxygens (including phenoxy) is 1. The van der Waals surface area contributed by atoms with Crippen LogP contribution in [0.1, 0.15) is 21.5 Å². The number of rotatable bonds is 3. The van der Waals surface area contributed by atoms with Gasteiger partial charge in [0.1, 0.15) is 12.0 Å². The van der Waals surface area contributed by atoms with E-state index >= 15 is 0 Å². The van der Waals surface area contributed by atoms with Crippen molar-refractivity contribution in [2.75, 3.05) is 7.11 Å². The Bertz CT molecular complexity index is 562. The van der Waals surface area contributed by atoms with Crippen LogP contribution in [0.5, 0.6) is 5.75 Å². The second-order valence-electron chi connectivity index (χ2n) is 4.39. The zero-order valence-corrected chi connectivity index (χ0v) is 10.9. The van der Waals surface area contributed by atoms with Gasteiger partial charge in [-0.2, -0.15) is 0 Å². The smallest absolute Gasteiger partial charge is 0.150 e. The second-order valence-corrected chi connectivity index (χ2v) is 4.39. The highest BCUT2D eigenvalue weighted by atomic mass is 16.5. The maximum Gasteiger partial charge on any atom is 0.150 e. The van der Waals surface area contributed by atoms with Crippen molar-refractivity contribution in [2.45, 2.75) is 13.8 Å². The SMILES string of the molecule is COc1c(C)cc(-c2cccc(C=O)c2)cc1C. The van der Waals surface area contributed by atoms with Gasteiger partial charge < -0.3 is 4.74 Å². The van der Waals surface area contributed by atoms with Crippen molar-refractivity contribution in [1.82, 2.24) is 0 Å². The number of hydrogen-bond donors (Lipinski definition) is 0. The Morgan fingerprint density at radius 1 is 1.00 bits per heavy atom. The van der Waals surface area contributed by atoms with Crippen molar-refractivity contribution in [1.29, 1.82) is 0 Å². The minimum absolute atomic E-state index is 0.693. The Balaban J connectivity index is 2.54. The van der Waals surface area contributed by atoms with Crippen molar-refractivity contribution in [3.05, 3.63) is 53.1 Å². The minimum atomic E-state index is 0.693. The molecule has 0 fully saturated rings. The Labute approximate surface area is 107 Å². The maximum atomic E-state index is 10.8. The summed E-state index contributed by atoms with van der Waals surface area (Å²) < 4.78 is 5.36. The molecule has 2 heteroatoms. The molecule has 0 heterocycles. The zero-order chi connectivity index (χ0) is 13.1. The third-order valence-electron chi connectivity index (χ3n) is 3.02. The van der Waals surface area contributed by atoms with E-state index in [-0.39, 0.29) is 0 Å². The van der Waals surface area contributed by atoms with Crippen LogP contribution >= 0.6 is 0 Å². The predicted molar refractivity (Wildman–Crippen MR) is 73.3 cm³/mol. The second kappa shape index (κ2) is 5.05. The summed E-state index contributed by atoms with van der Waals surface area (Å²) in [5, 5.41) is 0. The first-order valence-electron chi connectivity index (χ1n) is 5.86. The van der Waals surface area contributed by atoms with Crippen LogP contribution in [-0.2, 0) is 0 Å². The minimum Gasteiger partial charge on any atom is -0.496 e. The van der Waals surface area contributed by atoms with E-state index in [1.807, 2.05) is 32.0 Å². The lowest BCUT2D eigenvalue weighted by atomic mass is 9.98. The number of aldehydes is 1. The Hall–Kier alpha value is -2.09. The van der Waals surface area contributed by atoms with E-state index in [2.05, 4.69) is 12.1 Å². The van der Waals surface area contributed by atoms with Gasteiger partial charge in [-0.3, -0.25) is 4.79 Å². The van der Waals surface area contributed by atoms with Gasteiger partial charge in [-0.25, -0.2) is 0 Å². The summed E-state index contributed by atoms with van der Waals surface area (Å²) >= 11 is 0. The van der Waals surface area contributed by atoms with Gasteiger partial charge in [0.15, 0.2) is 0 Å². The fourth-order valence-electron chi connectivity index (χ4n) is 2.23. The maximum absolute atomic E-state index is 10.8. The Morgan fingerprint density at radius 2 is 1.67 bits per heavy atom. The number of carbonyl (C=O) groups excluding carboxylic acids is 1. The molecule has 2 nitrogen and oxygen atoms in total. The zero-order valence-electron chi connectivity index (χ0n) is 10.9. The molecule has 0 amide bonds. The van der Waals surface area contributed by atoms with Crippen LogP contribution in [0.2, 0.25) is 0 Å². The van der Waals surface area contributed by atoms with Gasteiger partial charge in [-0.15, -0.1) is 0 Å². The van der Waals surface area contributed by atoms with E-state index in [9.17, 15) is 4.79 Å². The van der Waals surface area contributed by atoms with Crippen LogP contribution in [0.3, 0.4) is 0 Å². The average Bonchev–Trinajstić information content (AvgIpc) is 2.38. The van der Waals surface area contributed by atoms with Gasteiger partial charge in [0, 0.05) is 5.56 Å². The standard InChI is InChI=1S/C16H16O2/c1-11-7-15(8-12(2)16(11)18-3)14-6-4-5-13(9-14)10-17/h4-10H,1-3H3. The molecular formula is C16H16O2. The van der Waals surface area contributed by atoms with Gasteiger partial charge in [0.2, 0.25) is 0 Å². The van der Waals surface area contributed by atoms with Crippen LogP contribution in [-0.4, -0.2) is 13.4 Å². The summed E-state index contributed by atoms with van der Waals surface area (Å²) in [6.07, 6.45) is 0.868. The molecule has 0 aliphatic rings. The Kier molecular flexibility index (Phi) is 3.47. The van der Waals surface area contributed by atoms with Gasteiger partial charge >= 0.3 is 0 Å². The van der Waals surface area contributed by atoms with Gasteiger partial charge in [0.25, 0.3) is 0 Å². The summed E-state index contributed by atoms with van der Waals surface area (Å²) in [7, 11) is 1.68. The molecule has 2 aromatic carbocycles. The fraction of sp³-hybridized carbons (Fsp3) is 0.188. The summed E-state index contributed by atoms with van der Waals surface area (Å²) in [4.78, 5) is 10.8. The number of aryl methyl sites for hydroxylation is 2. The summed E-state index contributed by atoms with van der Waals surface area (Å²) in [6.45, 7) is 4.05. The average molecular weight is 240 g/mol. The van der Waals surface area contributed by atoms with E-state index in [0.29, 0.717) is 5.56 Å². The van der Waals surface area contributed by atoms with E-state index < -0.39 is 0 Å². The normalized spacial score (nSPS) is 10.2. The molecule has 0 bridgehead atoms. The summed E-state index contributed by atoms with van der Waals surface area (Å²) in [5.74, 6) is 0.922. The third kappa shape index (κ3) is 2.28. The highest BCUT2D eigenvalue weighted by Crippen LogP contribution is 2.30. The van der Waals surface area contributed by atoms with Gasteiger partial charge in [-0.1, -0.05) is 18.2 Å². The van der Waals surface area contributed by atoms with E-state index in [4.69, 9.17) is 4.74 Å². The van der Waals surface area contributed by atoms with E-state index in [0.717, 1.165) is 34.3 Å². The molecule has 0 N–H and O–H groups in total. The third-order valence-corrected chi connectivity index (χ3v) is 3.02. The number of hydrogen-bond acceptors (Lipinski definition) is 2. The molecule has 0 aliphatic heterocycles. The molecule has 92 valence electrons. The number of carbonyl (C=O) groups is 1. The predicted octanol–water partition coefficient (Wildman–Crippen LogP) is 3.79. The molecule has 18 heavy (non-hydrogen) atoms. The molecule has 0 spiro atoms. The van der Waals surface area contributed by atoms with Crippen molar-refractivity contribution in [2.24, 2.45) is 0 Å². The first-order valence-corrected chi connectivity index (χ1v) is 5.86. The molecule has 0 unspecified atom stereocenters. The van der Waals surface area contributed by atoms with Gasteiger partial charge in [0.05, 0.1) is 7.11 Å². The number of benzene rings is 2. The van der Waals surface area contributed by atoms with Crippen molar-refractivity contribution >= 4 is 6.29 Å². The molecule has 0 atom stereocenters. The molecule has 0 aliphatic carbocycles. The first kappa shape index (κ1) is 12.4. The van der Waals surface area contributed by atoms with Gasteiger partial charge in [-0.05, 0) is 54.3 Å². The van der Waals surface area contributed by atoms with Crippen LogP contribution in [0, 0.1) is 13.8 Å².